The molecule has 4 heteroatoms. The maximum absolute atomic E-state index is 11.5. The van der Waals surface area contributed by atoms with Crippen LogP contribution in [-0.4, -0.2) is 30.8 Å². The molecule has 2 N–H and O–H groups in total. The van der Waals surface area contributed by atoms with E-state index >= 15 is 0 Å². The summed E-state index contributed by atoms with van der Waals surface area (Å²) in [5.74, 6) is 0.634. The van der Waals surface area contributed by atoms with E-state index in [2.05, 4.69) is 5.32 Å². The lowest BCUT2D eigenvalue weighted by molar-refractivity contribution is -0.120. The van der Waals surface area contributed by atoms with Crippen LogP contribution in [0.4, 0.5) is 0 Å². The van der Waals surface area contributed by atoms with Crippen LogP contribution in [0.15, 0.2) is 24.3 Å². The van der Waals surface area contributed by atoms with Crippen molar-refractivity contribution >= 4 is 5.91 Å². The third-order valence-electron chi connectivity index (χ3n) is 2.09. The lowest BCUT2D eigenvalue weighted by Gasteiger charge is -2.07. The van der Waals surface area contributed by atoms with Crippen molar-refractivity contribution in [2.75, 3.05) is 13.7 Å². The Labute approximate surface area is 95.2 Å². The summed E-state index contributed by atoms with van der Waals surface area (Å²) in [5, 5.41) is 11.7. The molecule has 88 valence electrons. The lowest BCUT2D eigenvalue weighted by Crippen LogP contribution is -2.31. The first kappa shape index (κ1) is 12.5. The summed E-state index contributed by atoms with van der Waals surface area (Å²) >= 11 is 0. The predicted molar refractivity (Wildman–Crippen MR) is 61.4 cm³/mol. The molecular weight excluding hydrogens is 206 g/mol. The van der Waals surface area contributed by atoms with Crippen LogP contribution in [0.3, 0.4) is 0 Å². The summed E-state index contributed by atoms with van der Waals surface area (Å²) < 4.78 is 5.06. The zero-order valence-corrected chi connectivity index (χ0v) is 9.56. The average molecular weight is 223 g/mol. The van der Waals surface area contributed by atoms with Crippen LogP contribution in [0.5, 0.6) is 5.75 Å². The minimum atomic E-state index is -0.519. The molecule has 0 aliphatic rings. The third-order valence-corrected chi connectivity index (χ3v) is 2.09. The van der Waals surface area contributed by atoms with Crippen LogP contribution in [0.2, 0.25) is 0 Å². The van der Waals surface area contributed by atoms with Crippen molar-refractivity contribution in [1.29, 1.82) is 0 Å². The van der Waals surface area contributed by atoms with Crippen LogP contribution >= 0.6 is 0 Å². The SMILES string of the molecule is COc1cccc(CC(=O)NC[C@@H](C)O)c1. The molecule has 1 rings (SSSR count). The molecule has 0 bridgehead atoms. The Morgan fingerprint density at radius 1 is 1.56 bits per heavy atom. The fourth-order valence-corrected chi connectivity index (χ4v) is 1.29. The number of nitrogens with one attached hydrogen (secondary N) is 1. The molecule has 0 spiro atoms. The van der Waals surface area contributed by atoms with Crippen LogP contribution in [-0.2, 0) is 11.2 Å². The number of aliphatic hydroxyl groups is 1. The van der Waals surface area contributed by atoms with E-state index in [-0.39, 0.29) is 12.5 Å². The van der Waals surface area contributed by atoms with E-state index in [1.54, 1.807) is 14.0 Å². The van der Waals surface area contributed by atoms with E-state index < -0.39 is 6.10 Å². The molecule has 0 unspecified atom stereocenters. The highest BCUT2D eigenvalue weighted by molar-refractivity contribution is 5.78. The Morgan fingerprint density at radius 2 is 2.31 bits per heavy atom. The highest BCUT2D eigenvalue weighted by Gasteiger charge is 2.05. The summed E-state index contributed by atoms with van der Waals surface area (Å²) in [5.41, 5.74) is 0.891. The van der Waals surface area contributed by atoms with Crippen molar-refractivity contribution in [2.45, 2.75) is 19.4 Å². The van der Waals surface area contributed by atoms with E-state index in [1.165, 1.54) is 0 Å². The van der Waals surface area contributed by atoms with Gasteiger partial charge in [-0.15, -0.1) is 0 Å². The number of methoxy groups -OCH3 is 1. The first-order valence-corrected chi connectivity index (χ1v) is 5.19. The van der Waals surface area contributed by atoms with Crippen molar-refractivity contribution in [1.82, 2.24) is 5.32 Å². The summed E-state index contributed by atoms with van der Waals surface area (Å²) in [4.78, 5) is 11.5. The number of ether oxygens (including phenoxy) is 1. The molecule has 0 fully saturated rings. The Kier molecular flexibility index (Phi) is 4.79. The van der Waals surface area contributed by atoms with Crippen molar-refractivity contribution in [2.24, 2.45) is 0 Å². The van der Waals surface area contributed by atoms with Crippen molar-refractivity contribution < 1.29 is 14.6 Å². The molecule has 0 aliphatic carbocycles. The van der Waals surface area contributed by atoms with Crippen LogP contribution in [0, 0.1) is 0 Å². The normalized spacial score (nSPS) is 11.9. The summed E-state index contributed by atoms with van der Waals surface area (Å²) in [7, 11) is 1.59. The zero-order chi connectivity index (χ0) is 12.0. The average Bonchev–Trinajstić information content (AvgIpc) is 2.26. The van der Waals surface area contributed by atoms with Gasteiger partial charge in [0.05, 0.1) is 19.6 Å². The molecule has 0 aliphatic heterocycles. The number of aliphatic hydroxyl groups excluding tert-OH is 1. The number of carbonyl (C=O) groups is 1. The lowest BCUT2D eigenvalue weighted by atomic mass is 10.1. The first-order valence-electron chi connectivity index (χ1n) is 5.19. The monoisotopic (exact) mass is 223 g/mol. The van der Waals surface area contributed by atoms with Gasteiger partial charge in [-0.1, -0.05) is 12.1 Å². The van der Waals surface area contributed by atoms with Gasteiger partial charge in [0.2, 0.25) is 5.91 Å². The molecule has 1 aromatic carbocycles. The minimum Gasteiger partial charge on any atom is -0.497 e. The highest BCUT2D eigenvalue weighted by atomic mass is 16.5. The van der Waals surface area contributed by atoms with Crippen LogP contribution < -0.4 is 10.1 Å². The second kappa shape index (κ2) is 6.12. The van der Waals surface area contributed by atoms with Gasteiger partial charge < -0.3 is 15.2 Å². The molecule has 1 amide bonds. The summed E-state index contributed by atoms with van der Waals surface area (Å²) in [6.07, 6.45) is -0.224. The number of benzene rings is 1. The summed E-state index contributed by atoms with van der Waals surface area (Å²) in [6.45, 7) is 1.91. The molecule has 0 radical (unpaired) electrons. The zero-order valence-electron chi connectivity index (χ0n) is 9.56. The molecule has 0 saturated carbocycles. The van der Waals surface area contributed by atoms with Crippen molar-refractivity contribution in [3.8, 4) is 5.75 Å². The smallest absolute Gasteiger partial charge is 0.224 e. The molecular formula is C12H17NO3. The van der Waals surface area contributed by atoms with E-state index in [4.69, 9.17) is 9.84 Å². The highest BCUT2D eigenvalue weighted by Crippen LogP contribution is 2.12. The van der Waals surface area contributed by atoms with E-state index in [0.29, 0.717) is 6.42 Å². The minimum absolute atomic E-state index is 0.103. The number of carbonyl (C=O) groups excluding carboxylic acids is 1. The van der Waals surface area contributed by atoms with Crippen molar-refractivity contribution in [3.63, 3.8) is 0 Å². The number of hydrogen-bond donors (Lipinski definition) is 2. The molecule has 4 nitrogen and oxygen atoms in total. The van der Waals surface area contributed by atoms with Gasteiger partial charge in [0, 0.05) is 6.54 Å². The maximum atomic E-state index is 11.5. The van der Waals surface area contributed by atoms with Gasteiger partial charge in [-0.2, -0.15) is 0 Å². The van der Waals surface area contributed by atoms with Gasteiger partial charge in [-0.05, 0) is 24.6 Å². The first-order chi connectivity index (χ1) is 7.61. The van der Waals surface area contributed by atoms with Crippen LogP contribution in [0.1, 0.15) is 12.5 Å². The van der Waals surface area contributed by atoms with Gasteiger partial charge in [-0.3, -0.25) is 4.79 Å². The van der Waals surface area contributed by atoms with Gasteiger partial charge in [0.25, 0.3) is 0 Å². The Morgan fingerprint density at radius 3 is 2.94 bits per heavy atom. The molecule has 1 aromatic rings. The van der Waals surface area contributed by atoms with E-state index in [0.717, 1.165) is 11.3 Å². The van der Waals surface area contributed by atoms with Gasteiger partial charge in [0.1, 0.15) is 5.75 Å². The van der Waals surface area contributed by atoms with Gasteiger partial charge in [-0.25, -0.2) is 0 Å². The van der Waals surface area contributed by atoms with Gasteiger partial charge >= 0.3 is 0 Å². The number of hydrogen-bond acceptors (Lipinski definition) is 3. The number of rotatable bonds is 5. The quantitative estimate of drug-likeness (QED) is 0.774. The molecule has 1 atom stereocenters. The standard InChI is InChI=1S/C12H17NO3/c1-9(14)8-13-12(15)7-10-4-3-5-11(6-10)16-2/h3-6,9,14H,7-8H2,1-2H3,(H,13,15)/t9-/m1/s1. The maximum Gasteiger partial charge on any atom is 0.224 e. The second-order valence-electron chi connectivity index (χ2n) is 3.68. The second-order valence-corrected chi connectivity index (χ2v) is 3.68. The molecule has 0 saturated heterocycles. The fourth-order valence-electron chi connectivity index (χ4n) is 1.29. The van der Waals surface area contributed by atoms with Crippen molar-refractivity contribution in [3.05, 3.63) is 29.8 Å². The Hall–Kier alpha value is -1.55. The Bertz CT molecular complexity index is 350. The number of amides is 1. The third kappa shape index (κ3) is 4.31. The van der Waals surface area contributed by atoms with Gasteiger partial charge in [0.15, 0.2) is 0 Å². The van der Waals surface area contributed by atoms with E-state index in [1.807, 2.05) is 24.3 Å². The summed E-state index contributed by atoms with van der Waals surface area (Å²) in [6, 6.07) is 7.36. The fraction of sp³-hybridized carbons (Fsp3) is 0.417. The largest absolute Gasteiger partial charge is 0.497 e. The van der Waals surface area contributed by atoms with E-state index in [9.17, 15) is 4.79 Å². The Balaban J connectivity index is 2.49. The van der Waals surface area contributed by atoms with Crippen LogP contribution in [0.25, 0.3) is 0 Å². The molecule has 0 heterocycles. The molecule has 0 aromatic heterocycles. The predicted octanol–water partition coefficient (Wildman–Crippen LogP) is 0.735. The molecule has 16 heavy (non-hydrogen) atoms. The topological polar surface area (TPSA) is 58.6 Å².